The number of amides is 2. The summed E-state index contributed by atoms with van der Waals surface area (Å²) in [5.74, 6) is 0.0303. The van der Waals surface area contributed by atoms with E-state index in [9.17, 15) is 9.59 Å². The zero-order valence-electron chi connectivity index (χ0n) is 17.9. The highest BCUT2D eigenvalue weighted by atomic mass is 16.3. The number of nitrogens with zero attached hydrogens (tertiary/aromatic N) is 3. The highest BCUT2D eigenvalue weighted by Gasteiger charge is 2.34. The van der Waals surface area contributed by atoms with E-state index < -0.39 is 0 Å². The largest absolute Gasteiger partial charge is 0.459 e. The smallest absolute Gasteiger partial charge is 0.290 e. The molecule has 6 heteroatoms. The minimum atomic E-state index is -0.233. The number of aromatic nitrogens is 1. The molecule has 2 aromatic heterocycles. The van der Waals surface area contributed by atoms with Crippen molar-refractivity contribution in [2.24, 2.45) is 0 Å². The van der Waals surface area contributed by atoms with Gasteiger partial charge in [0.2, 0.25) is 5.91 Å². The number of carbonyl (C=O) groups excluding carboxylic acids is 2. The van der Waals surface area contributed by atoms with Gasteiger partial charge in [0.25, 0.3) is 5.91 Å². The Hall–Kier alpha value is -3.28. The number of rotatable bonds is 10. The Balaban J connectivity index is 1.46. The summed E-state index contributed by atoms with van der Waals surface area (Å²) in [6.07, 6.45) is 6.36. The van der Waals surface area contributed by atoms with E-state index in [0.29, 0.717) is 13.1 Å². The Morgan fingerprint density at radius 1 is 1.06 bits per heavy atom. The summed E-state index contributed by atoms with van der Waals surface area (Å²) in [6.45, 7) is 3.92. The monoisotopic (exact) mass is 419 g/mol. The van der Waals surface area contributed by atoms with Crippen molar-refractivity contribution >= 4 is 11.8 Å². The first-order valence-electron chi connectivity index (χ1n) is 11.0. The van der Waals surface area contributed by atoms with Crippen LogP contribution in [-0.2, 0) is 17.9 Å². The second kappa shape index (κ2) is 9.69. The third-order valence-electron chi connectivity index (χ3n) is 5.60. The quantitative estimate of drug-likeness (QED) is 0.496. The van der Waals surface area contributed by atoms with E-state index in [2.05, 4.69) is 29.0 Å². The minimum Gasteiger partial charge on any atom is -0.459 e. The fourth-order valence-electron chi connectivity index (χ4n) is 3.84. The molecular formula is C25H29N3O3. The molecule has 0 N–H and O–H groups in total. The number of furan rings is 1. The average molecular weight is 420 g/mol. The van der Waals surface area contributed by atoms with Gasteiger partial charge in [0.15, 0.2) is 5.76 Å². The standard InChI is InChI=1S/C25H29N3O3/c1-2-14-27(25(30)23-11-7-16-31-23)19-24(29)28(21-12-13-21)18-22-10-6-15-26(22)17-20-8-4-3-5-9-20/h3-11,15-16,21H,2,12-14,17-19H2,1H3. The summed E-state index contributed by atoms with van der Waals surface area (Å²) in [7, 11) is 0. The topological polar surface area (TPSA) is 58.7 Å². The van der Waals surface area contributed by atoms with E-state index >= 15 is 0 Å². The molecular weight excluding hydrogens is 390 g/mol. The molecule has 6 nitrogen and oxygen atoms in total. The molecule has 1 aliphatic rings. The summed E-state index contributed by atoms with van der Waals surface area (Å²) in [4.78, 5) is 29.6. The maximum Gasteiger partial charge on any atom is 0.290 e. The second-order valence-electron chi connectivity index (χ2n) is 8.07. The van der Waals surface area contributed by atoms with Crippen molar-refractivity contribution in [1.29, 1.82) is 0 Å². The third kappa shape index (κ3) is 5.26. The van der Waals surface area contributed by atoms with Gasteiger partial charge in [-0.1, -0.05) is 37.3 Å². The van der Waals surface area contributed by atoms with Gasteiger partial charge in [0.05, 0.1) is 12.8 Å². The van der Waals surface area contributed by atoms with E-state index in [-0.39, 0.29) is 30.2 Å². The molecule has 162 valence electrons. The lowest BCUT2D eigenvalue weighted by molar-refractivity contribution is -0.133. The van der Waals surface area contributed by atoms with Crippen molar-refractivity contribution in [3.63, 3.8) is 0 Å². The van der Waals surface area contributed by atoms with Crippen molar-refractivity contribution in [2.75, 3.05) is 13.1 Å². The first-order valence-corrected chi connectivity index (χ1v) is 11.0. The van der Waals surface area contributed by atoms with E-state index in [1.54, 1.807) is 17.0 Å². The number of hydrogen-bond donors (Lipinski definition) is 0. The van der Waals surface area contributed by atoms with E-state index in [1.165, 1.54) is 11.8 Å². The molecule has 1 aliphatic carbocycles. The summed E-state index contributed by atoms with van der Waals surface area (Å²) in [5.41, 5.74) is 2.32. The molecule has 0 saturated heterocycles. The van der Waals surface area contributed by atoms with E-state index in [0.717, 1.165) is 31.5 Å². The third-order valence-corrected chi connectivity index (χ3v) is 5.60. The predicted molar refractivity (Wildman–Crippen MR) is 118 cm³/mol. The van der Waals surface area contributed by atoms with Crippen LogP contribution in [0.5, 0.6) is 0 Å². The zero-order valence-corrected chi connectivity index (χ0v) is 17.9. The lowest BCUT2D eigenvalue weighted by Crippen LogP contribution is -2.44. The molecule has 4 rings (SSSR count). The lowest BCUT2D eigenvalue weighted by atomic mass is 10.2. The molecule has 31 heavy (non-hydrogen) atoms. The summed E-state index contributed by atoms with van der Waals surface area (Å²) < 4.78 is 7.45. The summed E-state index contributed by atoms with van der Waals surface area (Å²) in [5, 5.41) is 0. The maximum absolute atomic E-state index is 13.3. The molecule has 3 aromatic rings. The Kier molecular flexibility index (Phi) is 6.55. The molecule has 0 unspecified atom stereocenters. The fourth-order valence-corrected chi connectivity index (χ4v) is 3.84. The summed E-state index contributed by atoms with van der Waals surface area (Å²) >= 11 is 0. The van der Waals surface area contributed by atoms with Crippen molar-refractivity contribution < 1.29 is 14.0 Å². The molecule has 1 fully saturated rings. The number of benzene rings is 1. The first-order chi connectivity index (χ1) is 15.2. The highest BCUT2D eigenvalue weighted by molar-refractivity contribution is 5.94. The Labute approximate surface area is 183 Å². The van der Waals surface area contributed by atoms with Crippen molar-refractivity contribution in [1.82, 2.24) is 14.4 Å². The second-order valence-corrected chi connectivity index (χ2v) is 8.07. The fraction of sp³-hybridized carbons (Fsp3) is 0.360. The molecule has 1 saturated carbocycles. The normalized spacial score (nSPS) is 13.2. The molecule has 0 radical (unpaired) electrons. The van der Waals surface area contributed by atoms with Gasteiger partial charge < -0.3 is 18.8 Å². The van der Waals surface area contributed by atoms with Crippen molar-refractivity contribution in [3.05, 3.63) is 84.1 Å². The maximum atomic E-state index is 13.3. The Morgan fingerprint density at radius 3 is 2.55 bits per heavy atom. The van der Waals surface area contributed by atoms with E-state index in [4.69, 9.17) is 4.42 Å². The highest BCUT2D eigenvalue weighted by Crippen LogP contribution is 2.29. The molecule has 2 heterocycles. The zero-order chi connectivity index (χ0) is 21.6. The lowest BCUT2D eigenvalue weighted by Gasteiger charge is -2.27. The molecule has 0 atom stereocenters. The SMILES string of the molecule is CCCN(CC(=O)N(Cc1cccn1Cc1ccccc1)C1CC1)C(=O)c1ccco1. The van der Waals surface area contributed by atoms with Crippen LogP contribution in [0.3, 0.4) is 0 Å². The van der Waals surface area contributed by atoms with Crippen LogP contribution < -0.4 is 0 Å². The molecule has 0 bridgehead atoms. The van der Waals surface area contributed by atoms with Crippen molar-refractivity contribution in [2.45, 2.75) is 45.3 Å². The molecule has 1 aromatic carbocycles. The van der Waals surface area contributed by atoms with Gasteiger partial charge in [-0.15, -0.1) is 0 Å². The van der Waals surface area contributed by atoms with Crippen LogP contribution in [0.1, 0.15) is 48.0 Å². The van der Waals surface area contributed by atoms with Gasteiger partial charge in [-0.05, 0) is 49.1 Å². The molecule has 2 amide bonds. The van der Waals surface area contributed by atoms with Crippen LogP contribution in [0.25, 0.3) is 0 Å². The number of hydrogen-bond acceptors (Lipinski definition) is 3. The van der Waals surface area contributed by atoms with Crippen LogP contribution in [-0.4, -0.2) is 45.3 Å². The van der Waals surface area contributed by atoms with Gasteiger partial charge >= 0.3 is 0 Å². The summed E-state index contributed by atoms with van der Waals surface area (Å²) in [6, 6.07) is 18.0. The average Bonchev–Trinajstić information content (AvgIpc) is 3.28. The van der Waals surface area contributed by atoms with Gasteiger partial charge in [0.1, 0.15) is 6.54 Å². The van der Waals surface area contributed by atoms with Gasteiger partial charge in [-0.2, -0.15) is 0 Å². The van der Waals surface area contributed by atoms with Crippen molar-refractivity contribution in [3.8, 4) is 0 Å². The minimum absolute atomic E-state index is 0.0108. The van der Waals surface area contributed by atoms with Gasteiger partial charge in [0, 0.05) is 31.0 Å². The number of carbonyl (C=O) groups is 2. The predicted octanol–water partition coefficient (Wildman–Crippen LogP) is 4.17. The Bertz CT molecular complexity index is 990. The Morgan fingerprint density at radius 2 is 1.87 bits per heavy atom. The van der Waals surface area contributed by atoms with Gasteiger partial charge in [-0.25, -0.2) is 0 Å². The van der Waals surface area contributed by atoms with E-state index in [1.807, 2.05) is 36.1 Å². The van der Waals surface area contributed by atoms with Crippen LogP contribution in [0.15, 0.2) is 71.5 Å². The molecule has 0 aliphatic heterocycles. The van der Waals surface area contributed by atoms with Crippen LogP contribution in [0, 0.1) is 0 Å². The van der Waals surface area contributed by atoms with Crippen LogP contribution >= 0.6 is 0 Å². The van der Waals surface area contributed by atoms with Crippen LogP contribution in [0.2, 0.25) is 0 Å². The van der Waals surface area contributed by atoms with Crippen LogP contribution in [0.4, 0.5) is 0 Å². The first kappa shape index (κ1) is 21.0. The molecule has 0 spiro atoms. The van der Waals surface area contributed by atoms with Gasteiger partial charge in [-0.3, -0.25) is 9.59 Å².